The number of hydrogen-bond donors (Lipinski definition) is 2. The van der Waals surface area contributed by atoms with E-state index in [1.54, 1.807) is 4.68 Å². The lowest BCUT2D eigenvalue weighted by Gasteiger charge is -2.19. The Bertz CT molecular complexity index is 886. The van der Waals surface area contributed by atoms with Crippen LogP contribution in [0.15, 0.2) is 30.3 Å². The molecule has 2 heterocycles. The van der Waals surface area contributed by atoms with Crippen molar-refractivity contribution in [1.82, 2.24) is 30.8 Å². The molecule has 1 aliphatic heterocycles. The number of nitrogens with one attached hydrogen (secondary N) is 2. The summed E-state index contributed by atoms with van der Waals surface area (Å²) in [6.45, 7) is 0.633. The molecule has 0 aliphatic carbocycles. The Morgan fingerprint density at radius 2 is 1.84 bits per heavy atom. The predicted octanol–water partition coefficient (Wildman–Crippen LogP) is 1.48. The number of tetrazole rings is 1. The molecular formula is C22H30N6O4. The van der Waals surface area contributed by atoms with Crippen LogP contribution in [0, 0.1) is 0 Å². The molecule has 10 nitrogen and oxygen atoms in total. The Labute approximate surface area is 187 Å². The van der Waals surface area contributed by atoms with E-state index in [2.05, 4.69) is 38.3 Å². The third-order valence-corrected chi connectivity index (χ3v) is 5.29. The fraction of sp³-hybridized carbons (Fsp3) is 0.545. The number of ether oxygens (including phenoxy) is 1. The van der Waals surface area contributed by atoms with Crippen molar-refractivity contribution >= 4 is 17.8 Å². The summed E-state index contributed by atoms with van der Waals surface area (Å²) in [6, 6.07) is 9.75. The molecule has 1 atom stereocenters. The number of aromatic nitrogens is 4. The topological polar surface area (TPSA) is 128 Å². The van der Waals surface area contributed by atoms with Crippen molar-refractivity contribution < 1.29 is 19.1 Å². The molecule has 10 heteroatoms. The number of carbonyl (C=O) groups excluding carboxylic acids is 3. The summed E-state index contributed by atoms with van der Waals surface area (Å²) >= 11 is 0. The molecule has 1 aromatic carbocycles. The van der Waals surface area contributed by atoms with Crippen molar-refractivity contribution in [2.24, 2.45) is 0 Å². The largest absolute Gasteiger partial charge is 0.456 e. The minimum atomic E-state index is -0.385. The normalized spacial score (nSPS) is 19.6. The Morgan fingerprint density at radius 1 is 1.00 bits per heavy atom. The first-order chi connectivity index (χ1) is 15.6. The van der Waals surface area contributed by atoms with Gasteiger partial charge in [-0.3, -0.25) is 14.4 Å². The molecule has 0 bridgehead atoms. The van der Waals surface area contributed by atoms with Crippen LogP contribution in [0.5, 0.6) is 0 Å². The Balaban J connectivity index is 1.68. The second kappa shape index (κ2) is 12.5. The zero-order chi connectivity index (χ0) is 22.6. The molecule has 2 amide bonds. The van der Waals surface area contributed by atoms with Crippen LogP contribution in [-0.2, 0) is 32.1 Å². The van der Waals surface area contributed by atoms with Gasteiger partial charge in [-0.25, -0.2) is 4.68 Å². The molecular weight excluding hydrogens is 412 g/mol. The maximum atomic E-state index is 12.6. The number of fused-ring (bicyclic) bond motifs is 1. The first kappa shape index (κ1) is 23.4. The highest BCUT2D eigenvalue weighted by atomic mass is 16.5. The average molecular weight is 443 g/mol. The number of nitrogens with zero attached hydrogens (tertiary/aromatic N) is 4. The van der Waals surface area contributed by atoms with Crippen LogP contribution in [-0.4, -0.2) is 51.1 Å². The lowest BCUT2D eigenvalue weighted by molar-refractivity contribution is -0.148. The molecule has 0 spiro atoms. The van der Waals surface area contributed by atoms with E-state index in [9.17, 15) is 14.4 Å². The molecule has 172 valence electrons. The first-order valence-corrected chi connectivity index (χ1v) is 11.1. The van der Waals surface area contributed by atoms with E-state index in [4.69, 9.17) is 4.74 Å². The molecule has 1 unspecified atom stereocenters. The van der Waals surface area contributed by atoms with Crippen molar-refractivity contribution in [1.29, 1.82) is 0 Å². The maximum Gasteiger partial charge on any atom is 0.306 e. The maximum absolute atomic E-state index is 12.6. The molecule has 0 saturated heterocycles. The van der Waals surface area contributed by atoms with Gasteiger partial charge in [0, 0.05) is 25.9 Å². The van der Waals surface area contributed by atoms with Crippen molar-refractivity contribution in [3.8, 4) is 0 Å². The van der Waals surface area contributed by atoms with Gasteiger partial charge in [-0.2, -0.15) is 0 Å². The number of carbonyl (C=O) groups is 3. The molecule has 0 fully saturated rings. The van der Waals surface area contributed by atoms with E-state index in [0.29, 0.717) is 38.2 Å². The number of hydrogen-bond acceptors (Lipinski definition) is 7. The number of amides is 2. The van der Waals surface area contributed by atoms with Crippen molar-refractivity contribution in [3.05, 3.63) is 41.7 Å². The molecule has 2 N–H and O–H groups in total. The molecule has 1 aliphatic rings. The fourth-order valence-electron chi connectivity index (χ4n) is 3.56. The summed E-state index contributed by atoms with van der Waals surface area (Å²) in [7, 11) is 0. The van der Waals surface area contributed by atoms with Gasteiger partial charge < -0.3 is 15.4 Å². The van der Waals surface area contributed by atoms with Gasteiger partial charge in [-0.15, -0.1) is 5.10 Å². The van der Waals surface area contributed by atoms with Gasteiger partial charge in [0.2, 0.25) is 5.91 Å². The Kier molecular flexibility index (Phi) is 9.15. The summed E-state index contributed by atoms with van der Waals surface area (Å²) in [5, 5.41) is 17.9. The zero-order valence-corrected chi connectivity index (χ0v) is 18.2. The highest BCUT2D eigenvalue weighted by Gasteiger charge is 2.21. The average Bonchev–Trinajstić information content (AvgIpc) is 3.26. The van der Waals surface area contributed by atoms with Crippen molar-refractivity contribution in [3.63, 3.8) is 0 Å². The van der Waals surface area contributed by atoms with Crippen LogP contribution >= 0.6 is 0 Å². The second-order valence-electron chi connectivity index (χ2n) is 7.83. The van der Waals surface area contributed by atoms with Gasteiger partial charge in [0.15, 0.2) is 12.4 Å². The fourth-order valence-corrected chi connectivity index (χ4v) is 3.56. The van der Waals surface area contributed by atoms with Gasteiger partial charge in [0.05, 0.1) is 6.04 Å². The lowest BCUT2D eigenvalue weighted by atomic mass is 10.0. The van der Waals surface area contributed by atoms with E-state index in [1.807, 2.05) is 18.2 Å². The summed E-state index contributed by atoms with van der Waals surface area (Å²) in [5.41, 5.74) is 1.18. The summed E-state index contributed by atoms with van der Waals surface area (Å²) in [6.07, 6.45) is 4.67. The van der Waals surface area contributed by atoms with Crippen LogP contribution < -0.4 is 10.6 Å². The van der Waals surface area contributed by atoms with Crippen LogP contribution in [0.1, 0.15) is 62.4 Å². The number of benzene rings is 1. The van der Waals surface area contributed by atoms with E-state index in [1.165, 1.54) is 5.56 Å². The number of cyclic esters (lactones) is 1. The van der Waals surface area contributed by atoms with Crippen molar-refractivity contribution in [2.45, 2.75) is 64.0 Å². The molecule has 0 radical (unpaired) electrons. The number of esters is 1. The Hall–Kier alpha value is -3.30. The monoisotopic (exact) mass is 442 g/mol. The smallest absolute Gasteiger partial charge is 0.306 e. The van der Waals surface area contributed by atoms with E-state index in [-0.39, 0.29) is 43.3 Å². The zero-order valence-electron chi connectivity index (χ0n) is 18.2. The molecule has 2 aromatic rings. The van der Waals surface area contributed by atoms with Gasteiger partial charge in [0.1, 0.15) is 0 Å². The van der Waals surface area contributed by atoms with Crippen LogP contribution in [0.4, 0.5) is 0 Å². The summed E-state index contributed by atoms with van der Waals surface area (Å²) in [5.74, 6) is -0.243. The summed E-state index contributed by atoms with van der Waals surface area (Å²) < 4.78 is 6.71. The van der Waals surface area contributed by atoms with E-state index in [0.717, 1.165) is 19.3 Å². The van der Waals surface area contributed by atoms with Gasteiger partial charge in [0.25, 0.3) is 5.91 Å². The first-order valence-electron chi connectivity index (χ1n) is 11.1. The second-order valence-corrected chi connectivity index (χ2v) is 7.83. The SMILES string of the molecule is O=C1COC(=O)CCCCCn2nnnc2C(CCc2ccccc2)NC(=O)CCCN1. The third-order valence-electron chi connectivity index (χ3n) is 5.29. The quantitative estimate of drug-likeness (QED) is 0.689. The van der Waals surface area contributed by atoms with Crippen LogP contribution in [0.25, 0.3) is 0 Å². The third kappa shape index (κ3) is 7.75. The molecule has 0 saturated carbocycles. The standard InChI is InChI=1S/C22H30N6O4/c29-19-10-7-14-23-20(30)16-32-21(31)11-5-2-6-15-28-22(25-26-27-28)18(24-19)13-12-17-8-3-1-4-9-17/h1,3-4,8-9,18H,2,5-7,10-16H2,(H,23,30)(H,24,29). The minimum absolute atomic E-state index is 0.126. The number of aryl methyl sites for hydroxylation is 2. The van der Waals surface area contributed by atoms with Gasteiger partial charge in [-0.1, -0.05) is 36.8 Å². The summed E-state index contributed by atoms with van der Waals surface area (Å²) in [4.78, 5) is 36.1. The lowest BCUT2D eigenvalue weighted by Crippen LogP contribution is -2.33. The molecule has 3 rings (SSSR count). The minimum Gasteiger partial charge on any atom is -0.456 e. The highest BCUT2D eigenvalue weighted by molar-refractivity contribution is 5.80. The van der Waals surface area contributed by atoms with E-state index >= 15 is 0 Å². The number of rotatable bonds is 3. The molecule has 1 aromatic heterocycles. The molecule has 32 heavy (non-hydrogen) atoms. The van der Waals surface area contributed by atoms with Gasteiger partial charge >= 0.3 is 5.97 Å². The van der Waals surface area contributed by atoms with Crippen molar-refractivity contribution in [2.75, 3.05) is 13.2 Å². The Morgan fingerprint density at radius 3 is 2.69 bits per heavy atom. The van der Waals surface area contributed by atoms with E-state index < -0.39 is 0 Å². The highest BCUT2D eigenvalue weighted by Crippen LogP contribution is 2.18. The van der Waals surface area contributed by atoms with Crippen LogP contribution in [0.2, 0.25) is 0 Å². The van der Waals surface area contributed by atoms with Gasteiger partial charge in [-0.05, 0) is 48.1 Å². The van der Waals surface area contributed by atoms with Crippen LogP contribution in [0.3, 0.4) is 0 Å². The predicted molar refractivity (Wildman–Crippen MR) is 115 cm³/mol.